The van der Waals surface area contributed by atoms with E-state index in [1.54, 1.807) is 11.8 Å². The fourth-order valence-corrected chi connectivity index (χ4v) is 2.81. The summed E-state index contributed by atoms with van der Waals surface area (Å²) in [4.78, 5) is 12.7. The van der Waals surface area contributed by atoms with E-state index in [0.29, 0.717) is 5.06 Å². The summed E-state index contributed by atoms with van der Waals surface area (Å²) in [6, 6.07) is 6.25. The molecule has 1 aromatic carbocycles. The first-order valence-electron chi connectivity index (χ1n) is 7.40. The van der Waals surface area contributed by atoms with Gasteiger partial charge in [-0.3, -0.25) is 10.0 Å². The van der Waals surface area contributed by atoms with Crippen molar-refractivity contribution in [3.63, 3.8) is 0 Å². The molecule has 1 aromatic rings. The molecule has 0 aliphatic carbocycles. The number of benzene rings is 1. The number of rotatable bonds is 8. The third kappa shape index (κ3) is 5.94. The molecule has 1 amide bonds. The van der Waals surface area contributed by atoms with Crippen LogP contribution >= 0.6 is 11.8 Å². The highest BCUT2D eigenvalue weighted by atomic mass is 32.2. The number of likely N-dealkylation sites (N-methyl/N-ethyl adjacent to an activating group) is 1. The van der Waals surface area contributed by atoms with Crippen molar-refractivity contribution >= 4 is 23.7 Å². The van der Waals surface area contributed by atoms with Crippen molar-refractivity contribution < 1.29 is 10.0 Å². The van der Waals surface area contributed by atoms with Gasteiger partial charge in [0.2, 0.25) is 0 Å². The molecular weight excluding hydrogens is 282 g/mol. The number of nitrogens with zero attached hydrogens (tertiary/aromatic N) is 1. The Morgan fingerprint density at radius 2 is 2.10 bits per heavy atom. The number of unbranched alkanes of at least 4 members (excludes halogenated alkanes) is 3. The van der Waals surface area contributed by atoms with Crippen LogP contribution in [0.5, 0.6) is 0 Å². The standard InChI is InChI=1S/C17H25NO2S/c1-4-5-6-7-9-14-10-8-11-16(21-3)15(14)12-13-17(19)18(2)20/h8,10-13,20H,4-7,9H2,1-3H3. The molecule has 1 rings (SSSR count). The van der Waals surface area contributed by atoms with Crippen molar-refractivity contribution in [1.82, 2.24) is 5.06 Å². The molecule has 1 N–H and O–H groups in total. The van der Waals surface area contributed by atoms with Crippen molar-refractivity contribution in [1.29, 1.82) is 0 Å². The Morgan fingerprint density at radius 3 is 2.71 bits per heavy atom. The highest BCUT2D eigenvalue weighted by Crippen LogP contribution is 2.26. The molecule has 0 aliphatic rings. The van der Waals surface area contributed by atoms with Crippen LogP contribution in [0.15, 0.2) is 29.2 Å². The first-order chi connectivity index (χ1) is 10.1. The van der Waals surface area contributed by atoms with Gasteiger partial charge in [0.15, 0.2) is 0 Å². The molecule has 3 nitrogen and oxygen atoms in total. The van der Waals surface area contributed by atoms with E-state index in [1.807, 2.05) is 12.3 Å². The smallest absolute Gasteiger partial charge is 0.269 e. The van der Waals surface area contributed by atoms with Crippen LogP contribution in [0.2, 0.25) is 0 Å². The Bertz CT molecular complexity index is 484. The van der Waals surface area contributed by atoms with Crippen LogP contribution in [-0.2, 0) is 11.2 Å². The molecule has 0 bridgehead atoms. The SMILES string of the molecule is CCCCCCc1cccc(SC)c1C=CC(=O)N(C)O. The third-order valence-corrected chi connectivity index (χ3v) is 4.18. The van der Waals surface area contributed by atoms with Gasteiger partial charge in [0, 0.05) is 18.0 Å². The average Bonchev–Trinajstić information content (AvgIpc) is 2.49. The number of hydrogen-bond donors (Lipinski definition) is 1. The van der Waals surface area contributed by atoms with E-state index in [1.165, 1.54) is 44.4 Å². The highest BCUT2D eigenvalue weighted by molar-refractivity contribution is 7.98. The van der Waals surface area contributed by atoms with Gasteiger partial charge in [0.1, 0.15) is 0 Å². The van der Waals surface area contributed by atoms with Gasteiger partial charge in [-0.25, -0.2) is 5.06 Å². The number of thioether (sulfide) groups is 1. The molecule has 0 heterocycles. The second-order valence-electron chi connectivity index (χ2n) is 5.04. The van der Waals surface area contributed by atoms with Crippen molar-refractivity contribution in [3.8, 4) is 0 Å². The Balaban J connectivity index is 2.89. The Hall–Kier alpha value is -1.26. The van der Waals surface area contributed by atoms with Crippen molar-refractivity contribution in [2.75, 3.05) is 13.3 Å². The molecule has 4 heteroatoms. The van der Waals surface area contributed by atoms with Gasteiger partial charge in [-0.15, -0.1) is 11.8 Å². The topological polar surface area (TPSA) is 40.5 Å². The van der Waals surface area contributed by atoms with E-state index >= 15 is 0 Å². The van der Waals surface area contributed by atoms with Crippen LogP contribution in [0.3, 0.4) is 0 Å². The molecule has 0 fully saturated rings. The zero-order valence-corrected chi connectivity index (χ0v) is 13.9. The summed E-state index contributed by atoms with van der Waals surface area (Å²) in [5, 5.41) is 9.72. The van der Waals surface area contributed by atoms with Gasteiger partial charge in [0.25, 0.3) is 5.91 Å². The summed E-state index contributed by atoms with van der Waals surface area (Å²) >= 11 is 1.67. The summed E-state index contributed by atoms with van der Waals surface area (Å²) in [5.41, 5.74) is 2.36. The number of hydroxylamine groups is 2. The number of carbonyl (C=O) groups excluding carboxylic acids is 1. The van der Waals surface area contributed by atoms with Gasteiger partial charge >= 0.3 is 0 Å². The second-order valence-corrected chi connectivity index (χ2v) is 5.89. The summed E-state index contributed by atoms with van der Waals surface area (Å²) in [5.74, 6) is -0.414. The minimum Gasteiger partial charge on any atom is -0.286 e. The molecule has 0 aliphatic heterocycles. The molecule has 21 heavy (non-hydrogen) atoms. The number of carbonyl (C=O) groups is 1. The van der Waals surface area contributed by atoms with Gasteiger partial charge in [-0.2, -0.15) is 0 Å². The summed E-state index contributed by atoms with van der Waals surface area (Å²) in [6.07, 6.45) is 11.2. The maximum absolute atomic E-state index is 11.5. The number of hydrogen-bond acceptors (Lipinski definition) is 3. The van der Waals surface area contributed by atoms with Crippen LogP contribution in [-0.4, -0.2) is 29.5 Å². The Morgan fingerprint density at radius 1 is 1.33 bits per heavy atom. The molecule has 0 saturated heterocycles. The molecule has 116 valence electrons. The van der Waals surface area contributed by atoms with E-state index in [9.17, 15) is 4.79 Å². The minimum absolute atomic E-state index is 0.414. The average molecular weight is 307 g/mol. The zero-order chi connectivity index (χ0) is 15.7. The van der Waals surface area contributed by atoms with Gasteiger partial charge in [0.05, 0.1) is 0 Å². The number of amides is 1. The highest BCUT2D eigenvalue weighted by Gasteiger charge is 2.07. The summed E-state index contributed by atoms with van der Waals surface area (Å²) < 4.78 is 0. The number of aryl methyl sites for hydroxylation is 1. The maximum Gasteiger partial charge on any atom is 0.269 e. The van der Waals surface area contributed by atoms with Crippen LogP contribution in [0.25, 0.3) is 6.08 Å². The third-order valence-electron chi connectivity index (χ3n) is 3.39. The van der Waals surface area contributed by atoms with Crippen LogP contribution in [0.1, 0.15) is 43.7 Å². The van der Waals surface area contributed by atoms with E-state index < -0.39 is 5.91 Å². The lowest BCUT2D eigenvalue weighted by Gasteiger charge is -2.11. The largest absolute Gasteiger partial charge is 0.286 e. The molecule has 0 aromatic heterocycles. The van der Waals surface area contributed by atoms with Crippen LogP contribution < -0.4 is 0 Å². The second kappa shape index (κ2) is 9.64. The Labute approximate surface area is 132 Å². The predicted molar refractivity (Wildman–Crippen MR) is 89.7 cm³/mol. The van der Waals surface area contributed by atoms with Crippen molar-refractivity contribution in [3.05, 3.63) is 35.4 Å². The molecule has 0 spiro atoms. The molecular formula is C17H25NO2S. The zero-order valence-electron chi connectivity index (χ0n) is 13.1. The maximum atomic E-state index is 11.5. The van der Waals surface area contributed by atoms with Crippen LogP contribution in [0.4, 0.5) is 0 Å². The first-order valence-corrected chi connectivity index (χ1v) is 8.63. The quantitative estimate of drug-likeness (QED) is 0.254. The van der Waals surface area contributed by atoms with Gasteiger partial charge < -0.3 is 0 Å². The summed E-state index contributed by atoms with van der Waals surface area (Å²) in [6.45, 7) is 2.21. The molecule has 0 saturated carbocycles. The lowest BCUT2D eigenvalue weighted by molar-refractivity contribution is -0.153. The van der Waals surface area contributed by atoms with Gasteiger partial charge in [-0.1, -0.05) is 38.3 Å². The lowest BCUT2D eigenvalue weighted by Crippen LogP contribution is -2.19. The van der Waals surface area contributed by atoms with Gasteiger partial charge in [-0.05, 0) is 42.4 Å². The lowest BCUT2D eigenvalue weighted by atomic mass is 10.0. The van der Waals surface area contributed by atoms with E-state index in [4.69, 9.17) is 5.21 Å². The van der Waals surface area contributed by atoms with Crippen LogP contribution in [0, 0.1) is 0 Å². The molecule has 0 unspecified atom stereocenters. The minimum atomic E-state index is -0.414. The predicted octanol–water partition coefficient (Wildman–Crippen LogP) is 4.39. The Kier molecular flexibility index (Phi) is 8.16. The molecule has 0 radical (unpaired) electrons. The first kappa shape index (κ1) is 17.8. The van der Waals surface area contributed by atoms with Crippen molar-refractivity contribution in [2.45, 2.75) is 43.9 Å². The fourth-order valence-electron chi connectivity index (χ4n) is 2.18. The van der Waals surface area contributed by atoms with E-state index in [0.717, 1.165) is 16.9 Å². The monoisotopic (exact) mass is 307 g/mol. The van der Waals surface area contributed by atoms with E-state index in [2.05, 4.69) is 25.1 Å². The van der Waals surface area contributed by atoms with Crippen molar-refractivity contribution in [2.24, 2.45) is 0 Å². The fraction of sp³-hybridized carbons (Fsp3) is 0.471. The normalized spacial score (nSPS) is 11.0. The summed E-state index contributed by atoms with van der Waals surface area (Å²) in [7, 11) is 1.33. The van der Waals surface area contributed by atoms with E-state index in [-0.39, 0.29) is 0 Å². The molecule has 0 atom stereocenters.